The van der Waals surface area contributed by atoms with Crippen LogP contribution in [0.4, 0.5) is 0 Å². The average Bonchev–Trinajstić information content (AvgIpc) is 3.13. The third-order valence-corrected chi connectivity index (χ3v) is 5.34. The second kappa shape index (κ2) is 9.28. The van der Waals surface area contributed by atoms with Gasteiger partial charge in [-0.15, -0.1) is 11.3 Å². The van der Waals surface area contributed by atoms with E-state index in [9.17, 15) is 9.59 Å². The molecule has 0 aliphatic rings. The van der Waals surface area contributed by atoms with E-state index in [0.717, 1.165) is 27.2 Å². The predicted octanol–water partition coefficient (Wildman–Crippen LogP) is 4.15. The molecular weight excluding hydrogens is 370 g/mol. The Labute approximate surface area is 168 Å². The maximum atomic E-state index is 12.2. The van der Waals surface area contributed by atoms with Crippen LogP contribution in [-0.2, 0) is 11.3 Å². The van der Waals surface area contributed by atoms with Crippen molar-refractivity contribution in [1.82, 2.24) is 15.6 Å². The van der Waals surface area contributed by atoms with Crippen molar-refractivity contribution in [3.8, 4) is 0 Å². The van der Waals surface area contributed by atoms with Crippen LogP contribution in [0.15, 0.2) is 54.6 Å². The lowest BCUT2D eigenvalue weighted by molar-refractivity contribution is -0.116. The first kappa shape index (κ1) is 19.8. The fourth-order valence-electron chi connectivity index (χ4n) is 2.59. The van der Waals surface area contributed by atoms with Gasteiger partial charge in [-0.1, -0.05) is 31.2 Å². The summed E-state index contributed by atoms with van der Waals surface area (Å²) in [6, 6.07) is 15.3. The fourth-order valence-corrected chi connectivity index (χ4v) is 3.46. The number of hydrogen-bond donors (Lipinski definition) is 2. The van der Waals surface area contributed by atoms with E-state index in [1.165, 1.54) is 6.08 Å². The molecular formula is C22H23N3O2S. The molecule has 5 nitrogen and oxygen atoms in total. The first-order valence-electron chi connectivity index (χ1n) is 9.26. The van der Waals surface area contributed by atoms with Crippen molar-refractivity contribution in [2.24, 2.45) is 0 Å². The van der Waals surface area contributed by atoms with Crippen LogP contribution < -0.4 is 10.6 Å². The maximum absolute atomic E-state index is 12.2. The molecule has 0 fully saturated rings. The molecule has 144 valence electrons. The van der Waals surface area contributed by atoms with Gasteiger partial charge >= 0.3 is 0 Å². The van der Waals surface area contributed by atoms with Crippen LogP contribution in [0.25, 0.3) is 16.3 Å². The first-order chi connectivity index (χ1) is 13.5. The van der Waals surface area contributed by atoms with Crippen molar-refractivity contribution in [2.45, 2.75) is 32.9 Å². The molecule has 2 aromatic carbocycles. The number of para-hydroxylation sites is 1. The molecule has 0 spiro atoms. The van der Waals surface area contributed by atoms with Crippen LogP contribution in [0.2, 0.25) is 0 Å². The van der Waals surface area contributed by atoms with E-state index >= 15 is 0 Å². The van der Waals surface area contributed by atoms with Crippen molar-refractivity contribution >= 4 is 39.4 Å². The fraction of sp³-hybridized carbons (Fsp3) is 0.227. The Kier molecular flexibility index (Phi) is 6.55. The molecule has 28 heavy (non-hydrogen) atoms. The summed E-state index contributed by atoms with van der Waals surface area (Å²) in [5.74, 6) is -0.299. The van der Waals surface area contributed by atoms with Gasteiger partial charge in [0.05, 0.1) is 10.2 Å². The molecule has 0 aliphatic heterocycles. The quantitative estimate of drug-likeness (QED) is 0.592. The molecule has 1 heterocycles. The Morgan fingerprint density at radius 1 is 1.18 bits per heavy atom. The number of benzene rings is 2. The highest BCUT2D eigenvalue weighted by atomic mass is 32.1. The van der Waals surface area contributed by atoms with Gasteiger partial charge in [-0.3, -0.25) is 9.59 Å². The highest BCUT2D eigenvalue weighted by molar-refractivity contribution is 7.19. The van der Waals surface area contributed by atoms with Crippen molar-refractivity contribution in [2.75, 3.05) is 0 Å². The summed E-state index contributed by atoms with van der Waals surface area (Å²) in [5, 5.41) is 6.58. The van der Waals surface area contributed by atoms with Gasteiger partial charge in [-0.25, -0.2) is 4.98 Å². The maximum Gasteiger partial charge on any atom is 0.251 e. The third-order valence-electron chi connectivity index (χ3n) is 4.33. The predicted molar refractivity (Wildman–Crippen MR) is 114 cm³/mol. The standard InChI is InChI=1S/C22H23N3O2S/c1-3-15(2)24-22(27)17-8-6-7-16(13-17)14-23-20(26)11-12-21-25-18-9-4-5-10-19(18)28-21/h4-13,15H,3,14H2,1-2H3,(H,23,26)(H,24,27)/b12-11+. The van der Waals surface area contributed by atoms with Crippen molar-refractivity contribution < 1.29 is 9.59 Å². The lowest BCUT2D eigenvalue weighted by Gasteiger charge is -2.12. The van der Waals surface area contributed by atoms with E-state index in [0.29, 0.717) is 12.1 Å². The number of nitrogens with one attached hydrogen (secondary N) is 2. The summed E-state index contributed by atoms with van der Waals surface area (Å²) >= 11 is 1.54. The Bertz CT molecular complexity index is 977. The van der Waals surface area contributed by atoms with E-state index in [1.807, 2.05) is 50.2 Å². The Morgan fingerprint density at radius 2 is 2.00 bits per heavy atom. The third kappa shape index (κ3) is 5.27. The highest BCUT2D eigenvalue weighted by Gasteiger charge is 2.09. The van der Waals surface area contributed by atoms with Gasteiger partial charge in [-0.2, -0.15) is 0 Å². The molecule has 0 saturated heterocycles. The number of aromatic nitrogens is 1. The SMILES string of the molecule is CCC(C)NC(=O)c1cccc(CNC(=O)/C=C/c2nc3ccccc3s2)c1. The summed E-state index contributed by atoms with van der Waals surface area (Å²) < 4.78 is 1.09. The van der Waals surface area contributed by atoms with Crippen LogP contribution >= 0.6 is 11.3 Å². The molecule has 3 aromatic rings. The van der Waals surface area contributed by atoms with Crippen molar-refractivity contribution in [3.05, 3.63) is 70.7 Å². The molecule has 3 rings (SSSR count). The van der Waals surface area contributed by atoms with E-state index in [-0.39, 0.29) is 17.9 Å². The summed E-state index contributed by atoms with van der Waals surface area (Å²) in [6.45, 7) is 4.35. The number of amides is 2. The number of nitrogens with zero attached hydrogens (tertiary/aromatic N) is 1. The summed E-state index contributed by atoms with van der Waals surface area (Å²) in [5.41, 5.74) is 2.40. The minimum atomic E-state index is -0.200. The van der Waals surface area contributed by atoms with Gasteiger partial charge in [0.1, 0.15) is 5.01 Å². The molecule has 6 heteroatoms. The van der Waals surface area contributed by atoms with Crippen LogP contribution in [0, 0.1) is 0 Å². The number of carbonyl (C=O) groups excluding carboxylic acids is 2. The summed E-state index contributed by atoms with van der Waals surface area (Å²) in [7, 11) is 0. The molecule has 1 atom stereocenters. The highest BCUT2D eigenvalue weighted by Crippen LogP contribution is 2.22. The van der Waals surface area contributed by atoms with Gasteiger partial charge in [0.2, 0.25) is 5.91 Å². The molecule has 0 aliphatic carbocycles. The van der Waals surface area contributed by atoms with Gasteiger partial charge < -0.3 is 10.6 Å². The molecule has 0 bridgehead atoms. The zero-order valence-electron chi connectivity index (χ0n) is 15.9. The summed E-state index contributed by atoms with van der Waals surface area (Å²) in [4.78, 5) is 28.8. The Balaban J connectivity index is 1.56. The molecule has 0 radical (unpaired) electrons. The van der Waals surface area contributed by atoms with Gasteiger partial charge in [0.15, 0.2) is 0 Å². The smallest absolute Gasteiger partial charge is 0.251 e. The van der Waals surface area contributed by atoms with E-state index < -0.39 is 0 Å². The number of thiazole rings is 1. The monoisotopic (exact) mass is 393 g/mol. The Morgan fingerprint density at radius 3 is 2.79 bits per heavy atom. The normalized spacial score (nSPS) is 12.2. The zero-order valence-corrected chi connectivity index (χ0v) is 16.8. The lowest BCUT2D eigenvalue weighted by Crippen LogP contribution is -2.32. The molecule has 1 aromatic heterocycles. The zero-order chi connectivity index (χ0) is 19.9. The van der Waals surface area contributed by atoms with Crippen LogP contribution in [0.5, 0.6) is 0 Å². The van der Waals surface area contributed by atoms with Gasteiger partial charge in [0.25, 0.3) is 5.91 Å². The number of fused-ring (bicyclic) bond motifs is 1. The molecule has 0 saturated carbocycles. The Hall–Kier alpha value is -2.99. The van der Waals surface area contributed by atoms with E-state index in [4.69, 9.17) is 0 Å². The van der Waals surface area contributed by atoms with Crippen LogP contribution in [-0.4, -0.2) is 22.8 Å². The molecule has 1 unspecified atom stereocenters. The molecule has 2 amide bonds. The topological polar surface area (TPSA) is 71.1 Å². The average molecular weight is 394 g/mol. The van der Waals surface area contributed by atoms with E-state index in [1.54, 1.807) is 29.5 Å². The molecule has 2 N–H and O–H groups in total. The van der Waals surface area contributed by atoms with Crippen LogP contribution in [0.3, 0.4) is 0 Å². The van der Waals surface area contributed by atoms with Crippen LogP contribution in [0.1, 0.15) is 41.2 Å². The lowest BCUT2D eigenvalue weighted by atomic mass is 10.1. The number of hydrogen-bond acceptors (Lipinski definition) is 4. The van der Waals surface area contributed by atoms with E-state index in [2.05, 4.69) is 15.6 Å². The minimum absolute atomic E-state index is 0.0988. The second-order valence-electron chi connectivity index (χ2n) is 6.55. The largest absolute Gasteiger partial charge is 0.350 e. The van der Waals surface area contributed by atoms with Gasteiger partial charge in [-0.05, 0) is 49.2 Å². The number of rotatable bonds is 7. The van der Waals surface area contributed by atoms with Gasteiger partial charge in [0, 0.05) is 24.2 Å². The minimum Gasteiger partial charge on any atom is -0.350 e. The van der Waals surface area contributed by atoms with Crippen molar-refractivity contribution in [1.29, 1.82) is 0 Å². The second-order valence-corrected chi connectivity index (χ2v) is 7.62. The summed E-state index contributed by atoms with van der Waals surface area (Å²) in [6.07, 6.45) is 4.08. The number of carbonyl (C=O) groups is 2. The van der Waals surface area contributed by atoms with Crippen molar-refractivity contribution in [3.63, 3.8) is 0 Å². The first-order valence-corrected chi connectivity index (χ1v) is 10.1.